The molecule has 0 aliphatic carbocycles. The van der Waals surface area contributed by atoms with Gasteiger partial charge in [0.25, 0.3) is 0 Å². The Balaban J connectivity index is 2.36. The van der Waals surface area contributed by atoms with Crippen molar-refractivity contribution in [3.8, 4) is 11.5 Å². The molecule has 2 nitrogen and oxygen atoms in total. The van der Waals surface area contributed by atoms with Crippen LogP contribution < -0.4 is 4.74 Å². The van der Waals surface area contributed by atoms with Crippen LogP contribution in [0.25, 0.3) is 0 Å². The third kappa shape index (κ3) is 3.11. The SMILES string of the molecule is Cc1cc(Cl)cc(C)c1Oc1ccc(C(C)O)cc1F. The van der Waals surface area contributed by atoms with Crippen molar-refractivity contribution in [3.63, 3.8) is 0 Å². The van der Waals surface area contributed by atoms with Crippen molar-refractivity contribution < 1.29 is 14.2 Å². The highest BCUT2D eigenvalue weighted by atomic mass is 35.5. The Hall–Kier alpha value is -1.58. The molecule has 2 aromatic carbocycles. The molecule has 4 heteroatoms. The molecule has 2 aromatic rings. The normalized spacial score (nSPS) is 12.3. The molecule has 2 rings (SSSR count). The molecule has 1 atom stereocenters. The van der Waals surface area contributed by atoms with Crippen LogP contribution in [-0.2, 0) is 0 Å². The van der Waals surface area contributed by atoms with Gasteiger partial charge in [0.15, 0.2) is 11.6 Å². The summed E-state index contributed by atoms with van der Waals surface area (Å²) in [7, 11) is 0. The Morgan fingerprint density at radius 3 is 2.25 bits per heavy atom. The lowest BCUT2D eigenvalue weighted by atomic mass is 10.1. The van der Waals surface area contributed by atoms with E-state index in [4.69, 9.17) is 16.3 Å². The van der Waals surface area contributed by atoms with Gasteiger partial charge in [-0.15, -0.1) is 0 Å². The van der Waals surface area contributed by atoms with Crippen LogP contribution in [0.15, 0.2) is 30.3 Å². The Morgan fingerprint density at radius 2 is 1.75 bits per heavy atom. The van der Waals surface area contributed by atoms with Crippen LogP contribution in [0.3, 0.4) is 0 Å². The summed E-state index contributed by atoms with van der Waals surface area (Å²) in [5.41, 5.74) is 2.20. The van der Waals surface area contributed by atoms with E-state index in [9.17, 15) is 9.50 Å². The summed E-state index contributed by atoms with van der Waals surface area (Å²) < 4.78 is 19.6. The Kier molecular flexibility index (Phi) is 4.31. The summed E-state index contributed by atoms with van der Waals surface area (Å²) in [6.07, 6.45) is -0.711. The number of ether oxygens (including phenoxy) is 1. The summed E-state index contributed by atoms with van der Waals surface area (Å²) in [6.45, 7) is 5.30. The first-order valence-electron chi connectivity index (χ1n) is 6.30. The maximum absolute atomic E-state index is 14.0. The topological polar surface area (TPSA) is 29.5 Å². The van der Waals surface area contributed by atoms with Crippen molar-refractivity contribution >= 4 is 11.6 Å². The molecule has 106 valence electrons. The van der Waals surface area contributed by atoms with Crippen molar-refractivity contribution in [2.24, 2.45) is 0 Å². The standard InChI is InChI=1S/C16H16ClFO2/c1-9-6-13(17)7-10(2)16(9)20-15-5-4-12(11(3)19)8-14(15)18/h4-8,11,19H,1-3H3. The minimum Gasteiger partial charge on any atom is -0.454 e. The number of rotatable bonds is 3. The Morgan fingerprint density at radius 1 is 1.15 bits per heavy atom. The van der Waals surface area contributed by atoms with Crippen molar-refractivity contribution in [3.05, 3.63) is 57.9 Å². The molecule has 20 heavy (non-hydrogen) atoms. The highest BCUT2D eigenvalue weighted by Gasteiger charge is 2.12. The summed E-state index contributed by atoms with van der Waals surface area (Å²) in [6, 6.07) is 7.98. The average Bonchev–Trinajstić information content (AvgIpc) is 2.34. The molecule has 0 aliphatic heterocycles. The molecular weight excluding hydrogens is 279 g/mol. The fourth-order valence-electron chi connectivity index (χ4n) is 2.03. The van der Waals surface area contributed by atoms with Gasteiger partial charge in [0.05, 0.1) is 6.10 Å². The van der Waals surface area contributed by atoms with Gasteiger partial charge in [0.1, 0.15) is 5.75 Å². The van der Waals surface area contributed by atoms with Gasteiger partial charge in [-0.3, -0.25) is 0 Å². The lowest BCUT2D eigenvalue weighted by molar-refractivity contribution is 0.198. The van der Waals surface area contributed by atoms with Crippen LogP contribution >= 0.6 is 11.6 Å². The predicted molar refractivity (Wildman–Crippen MR) is 78.0 cm³/mol. The quantitative estimate of drug-likeness (QED) is 0.868. The van der Waals surface area contributed by atoms with Gasteiger partial charge in [-0.05, 0) is 61.7 Å². The Labute approximate surface area is 122 Å². The lowest BCUT2D eigenvalue weighted by Crippen LogP contribution is -1.96. The number of aryl methyl sites for hydroxylation is 2. The van der Waals surface area contributed by atoms with Crippen LogP contribution in [0.2, 0.25) is 5.02 Å². The zero-order valence-electron chi connectivity index (χ0n) is 11.6. The van der Waals surface area contributed by atoms with Crippen molar-refractivity contribution in [2.75, 3.05) is 0 Å². The molecule has 1 N–H and O–H groups in total. The van der Waals surface area contributed by atoms with Gasteiger partial charge in [-0.25, -0.2) is 4.39 Å². The highest BCUT2D eigenvalue weighted by molar-refractivity contribution is 6.30. The second-order valence-electron chi connectivity index (χ2n) is 4.84. The second kappa shape index (κ2) is 5.81. The van der Waals surface area contributed by atoms with E-state index >= 15 is 0 Å². The van der Waals surface area contributed by atoms with E-state index < -0.39 is 11.9 Å². The number of aliphatic hydroxyl groups is 1. The zero-order valence-corrected chi connectivity index (χ0v) is 12.3. The van der Waals surface area contributed by atoms with Crippen molar-refractivity contribution in [1.82, 2.24) is 0 Å². The van der Waals surface area contributed by atoms with Gasteiger partial charge in [-0.1, -0.05) is 17.7 Å². The highest BCUT2D eigenvalue weighted by Crippen LogP contribution is 2.33. The van der Waals surface area contributed by atoms with Gasteiger partial charge in [-0.2, -0.15) is 0 Å². The third-order valence-corrected chi connectivity index (χ3v) is 3.29. The maximum Gasteiger partial charge on any atom is 0.166 e. The molecule has 0 saturated heterocycles. The molecule has 0 radical (unpaired) electrons. The first-order chi connectivity index (χ1) is 9.38. The number of hydrogen-bond acceptors (Lipinski definition) is 2. The molecule has 0 aliphatic rings. The van der Waals surface area contributed by atoms with E-state index in [0.29, 0.717) is 16.3 Å². The van der Waals surface area contributed by atoms with E-state index in [-0.39, 0.29) is 5.75 Å². The van der Waals surface area contributed by atoms with Crippen LogP contribution in [0.4, 0.5) is 4.39 Å². The van der Waals surface area contributed by atoms with Crippen molar-refractivity contribution in [1.29, 1.82) is 0 Å². The number of benzene rings is 2. The fraction of sp³-hybridized carbons (Fsp3) is 0.250. The van der Waals surface area contributed by atoms with Gasteiger partial charge in [0, 0.05) is 5.02 Å². The van der Waals surface area contributed by atoms with E-state index in [1.165, 1.54) is 12.1 Å². The molecule has 0 amide bonds. The van der Waals surface area contributed by atoms with E-state index in [0.717, 1.165) is 11.1 Å². The number of hydrogen-bond donors (Lipinski definition) is 1. The van der Waals surface area contributed by atoms with E-state index in [1.807, 2.05) is 13.8 Å². The zero-order chi connectivity index (χ0) is 14.9. The van der Waals surface area contributed by atoms with Crippen LogP contribution in [0.1, 0.15) is 29.7 Å². The molecule has 0 fully saturated rings. The molecular formula is C16H16ClFO2. The van der Waals surface area contributed by atoms with E-state index in [2.05, 4.69) is 0 Å². The monoisotopic (exact) mass is 294 g/mol. The summed E-state index contributed by atoms with van der Waals surface area (Å²) >= 11 is 5.95. The molecule has 1 unspecified atom stereocenters. The fourth-order valence-corrected chi connectivity index (χ4v) is 2.36. The lowest BCUT2D eigenvalue weighted by Gasteiger charge is -2.14. The smallest absolute Gasteiger partial charge is 0.166 e. The number of halogens is 2. The average molecular weight is 295 g/mol. The van der Waals surface area contributed by atoms with Crippen LogP contribution in [0.5, 0.6) is 11.5 Å². The Bertz CT molecular complexity index is 615. The minimum absolute atomic E-state index is 0.128. The van der Waals surface area contributed by atoms with E-state index in [1.54, 1.807) is 25.1 Å². The van der Waals surface area contributed by atoms with Crippen LogP contribution in [-0.4, -0.2) is 5.11 Å². The summed E-state index contributed by atoms with van der Waals surface area (Å²) in [4.78, 5) is 0. The first kappa shape index (κ1) is 14.8. The third-order valence-electron chi connectivity index (χ3n) is 3.08. The molecule has 0 aromatic heterocycles. The minimum atomic E-state index is -0.711. The second-order valence-corrected chi connectivity index (χ2v) is 5.27. The van der Waals surface area contributed by atoms with Gasteiger partial charge in [0.2, 0.25) is 0 Å². The maximum atomic E-state index is 14.0. The molecule has 0 bridgehead atoms. The van der Waals surface area contributed by atoms with Gasteiger partial charge >= 0.3 is 0 Å². The molecule has 0 spiro atoms. The molecule has 0 saturated carbocycles. The largest absolute Gasteiger partial charge is 0.454 e. The summed E-state index contributed by atoms with van der Waals surface area (Å²) in [5, 5.41) is 10.0. The van der Waals surface area contributed by atoms with Crippen molar-refractivity contribution in [2.45, 2.75) is 26.9 Å². The van der Waals surface area contributed by atoms with Crippen LogP contribution in [0, 0.1) is 19.7 Å². The first-order valence-corrected chi connectivity index (χ1v) is 6.68. The summed E-state index contributed by atoms with van der Waals surface area (Å²) in [5.74, 6) is 0.221. The number of aliphatic hydroxyl groups excluding tert-OH is 1. The predicted octanol–water partition coefficient (Wildman–Crippen LogP) is 4.94. The van der Waals surface area contributed by atoms with Gasteiger partial charge < -0.3 is 9.84 Å². The molecule has 0 heterocycles.